The zero-order chi connectivity index (χ0) is 45.2. The summed E-state index contributed by atoms with van der Waals surface area (Å²) >= 11 is 0. The van der Waals surface area contributed by atoms with Crippen molar-refractivity contribution < 1.29 is 17.6 Å². The Kier molecular flexibility index (Phi) is 9.50. The molecule has 2 aromatic heterocycles. The lowest BCUT2D eigenvalue weighted by Gasteiger charge is -2.23. The molecule has 0 saturated carbocycles. The largest absolute Gasteiger partial charge is 0.420 e. The molecular weight excluding hydrogens is 837 g/mol. The molecule has 6 heteroatoms. The van der Waals surface area contributed by atoms with Gasteiger partial charge in [0.1, 0.15) is 11.4 Å². The van der Waals surface area contributed by atoms with E-state index in [0.717, 1.165) is 66.1 Å². The van der Waals surface area contributed by atoms with E-state index < -0.39 is 17.6 Å². The van der Waals surface area contributed by atoms with Crippen LogP contribution >= 0.6 is 0 Å². The van der Waals surface area contributed by atoms with Crippen LogP contribution in [0.25, 0.3) is 111 Å². The molecule has 320 valence electrons. The highest BCUT2D eigenvalue weighted by molar-refractivity contribution is 6.13. The molecule has 2 nitrogen and oxygen atoms in total. The van der Waals surface area contributed by atoms with Crippen LogP contribution in [0, 0.1) is 5.82 Å². The Labute approximate surface area is 383 Å². The van der Waals surface area contributed by atoms with E-state index in [2.05, 4.69) is 0 Å². The quantitative estimate of drug-likeness (QED) is 0.141. The first-order chi connectivity index (χ1) is 32.8. The van der Waals surface area contributed by atoms with Crippen molar-refractivity contribution in [2.24, 2.45) is 0 Å². The van der Waals surface area contributed by atoms with E-state index in [1.54, 1.807) is 33.4 Å². The van der Waals surface area contributed by atoms with E-state index in [4.69, 9.17) is 0 Å². The fourth-order valence-electron chi connectivity index (χ4n) is 9.86. The molecule has 0 N–H and O–H groups in total. The fraction of sp³-hybridized carbons (Fsp3) is 0.0164. The van der Waals surface area contributed by atoms with Crippen LogP contribution in [-0.2, 0) is 6.18 Å². The first-order valence-corrected chi connectivity index (χ1v) is 22.2. The maximum atomic E-state index is 17.0. The molecule has 0 unspecified atom stereocenters. The van der Waals surface area contributed by atoms with Crippen LogP contribution < -0.4 is 0 Å². The Morgan fingerprint density at radius 3 is 0.821 bits per heavy atom. The van der Waals surface area contributed by atoms with Crippen molar-refractivity contribution in [1.82, 2.24) is 9.13 Å². The molecule has 0 aliphatic carbocycles. The third kappa shape index (κ3) is 6.97. The van der Waals surface area contributed by atoms with Crippen LogP contribution in [0.2, 0.25) is 0 Å². The molecule has 0 fully saturated rings. The molecule has 0 aliphatic rings. The van der Waals surface area contributed by atoms with Crippen LogP contribution in [0.3, 0.4) is 0 Å². The van der Waals surface area contributed by atoms with Crippen molar-refractivity contribution in [3.63, 3.8) is 0 Å². The van der Waals surface area contributed by atoms with Gasteiger partial charge in [0, 0.05) is 21.5 Å². The molecule has 67 heavy (non-hydrogen) atoms. The smallest absolute Gasteiger partial charge is 0.308 e. The number of halogens is 4. The average Bonchev–Trinajstić information content (AvgIpc) is 3.88. The van der Waals surface area contributed by atoms with Gasteiger partial charge in [-0.2, -0.15) is 13.2 Å². The molecule has 0 amide bonds. The van der Waals surface area contributed by atoms with Crippen LogP contribution in [0.5, 0.6) is 0 Å². The van der Waals surface area contributed by atoms with Crippen LogP contribution in [0.4, 0.5) is 17.6 Å². The number of aromatic nitrogens is 2. The van der Waals surface area contributed by atoms with E-state index in [1.807, 2.05) is 194 Å². The first kappa shape index (κ1) is 40.1. The molecule has 10 aromatic carbocycles. The van der Waals surface area contributed by atoms with Gasteiger partial charge < -0.3 is 9.13 Å². The number of nitrogens with zero attached hydrogens (tertiary/aromatic N) is 2. The van der Waals surface area contributed by atoms with Crippen LogP contribution in [-0.4, -0.2) is 9.13 Å². The molecule has 0 spiro atoms. The van der Waals surface area contributed by atoms with E-state index in [9.17, 15) is 4.39 Å². The fourth-order valence-corrected chi connectivity index (χ4v) is 9.86. The lowest BCUT2D eigenvalue weighted by Crippen LogP contribution is -2.16. The van der Waals surface area contributed by atoms with Crippen molar-refractivity contribution in [2.75, 3.05) is 0 Å². The van der Waals surface area contributed by atoms with Gasteiger partial charge in [0.05, 0.1) is 33.4 Å². The van der Waals surface area contributed by atoms with Gasteiger partial charge in [0.25, 0.3) is 0 Å². The summed E-state index contributed by atoms with van der Waals surface area (Å²) in [7, 11) is 0. The lowest BCUT2D eigenvalue weighted by atomic mass is 9.98. The summed E-state index contributed by atoms with van der Waals surface area (Å²) in [5.74, 6) is -0.440. The Morgan fingerprint density at radius 1 is 0.269 bits per heavy atom. The third-order valence-electron chi connectivity index (χ3n) is 13.0. The summed E-state index contributed by atoms with van der Waals surface area (Å²) in [5, 5.41) is 3.25. The van der Waals surface area contributed by atoms with Crippen molar-refractivity contribution in [2.45, 2.75) is 6.18 Å². The summed E-state index contributed by atoms with van der Waals surface area (Å²) in [6.45, 7) is 0. The number of rotatable bonds is 7. The Morgan fingerprint density at radius 2 is 0.537 bits per heavy atom. The van der Waals surface area contributed by atoms with Gasteiger partial charge in [0.15, 0.2) is 0 Å². The molecule has 2 heterocycles. The summed E-state index contributed by atoms with van der Waals surface area (Å²) in [6, 6.07) is 72.9. The van der Waals surface area contributed by atoms with Gasteiger partial charge in [-0.25, -0.2) is 4.39 Å². The molecule has 0 bridgehead atoms. The molecule has 12 aromatic rings. The molecule has 0 saturated heterocycles. The van der Waals surface area contributed by atoms with Crippen molar-refractivity contribution in [1.29, 1.82) is 0 Å². The summed E-state index contributed by atoms with van der Waals surface area (Å²) in [6.07, 6.45) is -4.88. The molecular formula is C61H38F4N2. The number of alkyl halides is 3. The summed E-state index contributed by atoms with van der Waals surface area (Å²) in [4.78, 5) is 0. The lowest BCUT2D eigenvalue weighted by molar-refractivity contribution is -0.137. The first-order valence-electron chi connectivity index (χ1n) is 22.2. The Hall–Kier alpha value is -8.48. The maximum Gasteiger partial charge on any atom is 0.420 e. The van der Waals surface area contributed by atoms with Gasteiger partial charge in [-0.15, -0.1) is 0 Å². The normalized spacial score (nSPS) is 11.9. The monoisotopic (exact) mass is 874 g/mol. The number of hydrogen-bond acceptors (Lipinski definition) is 0. The zero-order valence-corrected chi connectivity index (χ0v) is 35.8. The topological polar surface area (TPSA) is 9.86 Å². The Bertz CT molecular complexity index is 3400. The second-order valence-corrected chi connectivity index (χ2v) is 17.0. The minimum Gasteiger partial charge on any atom is -0.308 e. The summed E-state index contributed by atoms with van der Waals surface area (Å²) < 4.78 is 69.2. The second kappa shape index (κ2) is 15.9. The predicted octanol–water partition coefficient (Wildman–Crippen LogP) is 17.4. The molecule has 0 radical (unpaired) electrons. The van der Waals surface area contributed by atoms with Gasteiger partial charge >= 0.3 is 6.18 Å². The van der Waals surface area contributed by atoms with Gasteiger partial charge in [-0.05, 0) is 104 Å². The van der Waals surface area contributed by atoms with Crippen LogP contribution in [0.1, 0.15) is 5.56 Å². The zero-order valence-electron chi connectivity index (χ0n) is 35.8. The Balaban J connectivity index is 1.26. The number of fused-ring (bicyclic) bond motifs is 6. The minimum absolute atomic E-state index is 0.0480. The molecule has 12 rings (SSSR count). The average molecular weight is 875 g/mol. The van der Waals surface area contributed by atoms with E-state index in [-0.39, 0.29) is 11.4 Å². The highest BCUT2D eigenvalue weighted by Gasteiger charge is 2.40. The predicted molar refractivity (Wildman–Crippen MR) is 267 cm³/mol. The van der Waals surface area contributed by atoms with E-state index in [0.29, 0.717) is 33.2 Å². The van der Waals surface area contributed by atoms with Crippen LogP contribution in [0.15, 0.2) is 231 Å². The van der Waals surface area contributed by atoms with Gasteiger partial charge in [0.2, 0.25) is 0 Å². The molecule has 0 atom stereocenters. The third-order valence-corrected chi connectivity index (χ3v) is 13.0. The second-order valence-electron chi connectivity index (χ2n) is 17.0. The number of hydrogen-bond donors (Lipinski definition) is 0. The SMILES string of the molecule is Fc1ccc(-c2cc(-n3c4cc(-c5ccccc5)ccc4c4ccc(-c5ccccc5)cc43)c(C(F)(F)F)c(-n3c4cc(-c5ccccc5)ccc4c4ccc(-c5ccccc5)cc43)c2)cc1. The highest BCUT2D eigenvalue weighted by Crippen LogP contribution is 2.48. The van der Waals surface area contributed by atoms with E-state index >= 15 is 13.2 Å². The molecule has 0 aliphatic heterocycles. The van der Waals surface area contributed by atoms with Gasteiger partial charge in [-0.3, -0.25) is 0 Å². The summed E-state index contributed by atoms with van der Waals surface area (Å²) in [5.41, 5.74) is 9.89. The highest BCUT2D eigenvalue weighted by atomic mass is 19.4. The maximum absolute atomic E-state index is 17.0. The van der Waals surface area contributed by atoms with Crippen molar-refractivity contribution in [3.05, 3.63) is 242 Å². The standard InChI is InChI=1S/C61H38F4N2/c62-49-27-21-43(22-28-49)48-37-58(66-54-33-44(39-13-5-1-6-14-39)23-29-50(54)51-30-24-45(34-55(51)66)40-15-7-2-8-16-40)60(61(63,64)65)59(38-48)67-56-35-46(41-17-9-3-10-18-41)25-31-52(56)53-32-26-47(36-57(53)67)42-19-11-4-12-20-42/h1-38H. The van der Waals surface area contributed by atoms with Crippen molar-refractivity contribution in [3.8, 4) is 67.0 Å². The van der Waals surface area contributed by atoms with E-state index in [1.165, 1.54) is 12.1 Å². The van der Waals surface area contributed by atoms with Gasteiger partial charge in [-0.1, -0.05) is 182 Å². The minimum atomic E-state index is -4.88. The number of benzene rings is 10. The van der Waals surface area contributed by atoms with Crippen molar-refractivity contribution >= 4 is 43.6 Å².